The summed E-state index contributed by atoms with van der Waals surface area (Å²) in [5, 5.41) is 11.9. The van der Waals surface area contributed by atoms with Gasteiger partial charge in [0.2, 0.25) is 0 Å². The van der Waals surface area contributed by atoms with Crippen LogP contribution in [0.2, 0.25) is 0 Å². The average molecular weight is 213 g/mol. The van der Waals surface area contributed by atoms with Crippen LogP contribution < -0.4 is 10.1 Å². The van der Waals surface area contributed by atoms with E-state index in [2.05, 4.69) is 10.1 Å². The molecule has 0 saturated heterocycles. The molecule has 0 aliphatic rings. The maximum absolute atomic E-state index is 13.6. The fraction of sp³-hybridized carbons (Fsp3) is 0.300. The van der Waals surface area contributed by atoms with Crippen LogP contribution in [0, 0.1) is 5.82 Å². The molecule has 0 fully saturated rings. The van der Waals surface area contributed by atoms with Gasteiger partial charge in [0.15, 0.2) is 23.1 Å². The van der Waals surface area contributed by atoms with E-state index in [1.807, 2.05) is 0 Å². The molecule has 0 spiro atoms. The van der Waals surface area contributed by atoms with Crippen molar-refractivity contribution < 1.29 is 19.0 Å². The lowest BCUT2D eigenvalue weighted by Gasteiger charge is -2.08. The number of carbonyl (C=O) groups excluding carboxylic acids is 1. The van der Waals surface area contributed by atoms with Crippen LogP contribution in [0.4, 0.5) is 4.39 Å². The average Bonchev–Trinajstić information content (AvgIpc) is 2.18. The van der Waals surface area contributed by atoms with Gasteiger partial charge in [-0.05, 0) is 19.2 Å². The van der Waals surface area contributed by atoms with E-state index >= 15 is 0 Å². The second-order valence-corrected chi connectivity index (χ2v) is 2.93. The van der Waals surface area contributed by atoms with E-state index in [-0.39, 0.29) is 23.6 Å². The molecule has 0 saturated carbocycles. The number of benzene rings is 1. The summed E-state index contributed by atoms with van der Waals surface area (Å²) in [5.74, 6) is -1.86. The number of hydrogen-bond acceptors (Lipinski definition) is 4. The van der Waals surface area contributed by atoms with E-state index in [0.717, 1.165) is 0 Å². The van der Waals surface area contributed by atoms with Gasteiger partial charge in [-0.15, -0.1) is 0 Å². The maximum atomic E-state index is 13.6. The van der Waals surface area contributed by atoms with Gasteiger partial charge in [0, 0.05) is 0 Å². The number of likely N-dealkylation sites (N-methyl/N-ethyl adjacent to an activating group) is 1. The lowest BCUT2D eigenvalue weighted by atomic mass is 10.1. The number of halogens is 1. The van der Waals surface area contributed by atoms with Crippen molar-refractivity contribution in [3.63, 3.8) is 0 Å². The fourth-order valence-corrected chi connectivity index (χ4v) is 1.21. The minimum Gasteiger partial charge on any atom is -0.504 e. The van der Waals surface area contributed by atoms with Crippen LogP contribution in [0.3, 0.4) is 0 Å². The van der Waals surface area contributed by atoms with Crippen LogP contribution in [-0.4, -0.2) is 31.6 Å². The lowest BCUT2D eigenvalue weighted by molar-refractivity contribution is 0.0989. The smallest absolute Gasteiger partial charge is 0.197 e. The normalized spacial score (nSPS) is 10.1. The number of hydrogen-bond donors (Lipinski definition) is 2. The Labute approximate surface area is 86.7 Å². The number of phenols is 1. The van der Waals surface area contributed by atoms with Crippen molar-refractivity contribution in [1.82, 2.24) is 5.32 Å². The highest BCUT2D eigenvalue weighted by Crippen LogP contribution is 2.30. The van der Waals surface area contributed by atoms with Gasteiger partial charge in [-0.2, -0.15) is 0 Å². The molecule has 5 heteroatoms. The zero-order valence-electron chi connectivity index (χ0n) is 8.50. The van der Waals surface area contributed by atoms with Crippen molar-refractivity contribution in [2.24, 2.45) is 0 Å². The summed E-state index contributed by atoms with van der Waals surface area (Å²) in [6.07, 6.45) is 0. The summed E-state index contributed by atoms with van der Waals surface area (Å²) in [4.78, 5) is 11.4. The zero-order valence-corrected chi connectivity index (χ0v) is 8.50. The zero-order chi connectivity index (χ0) is 11.4. The predicted molar refractivity (Wildman–Crippen MR) is 52.9 cm³/mol. The molecule has 82 valence electrons. The molecule has 2 N–H and O–H groups in total. The van der Waals surface area contributed by atoms with E-state index in [9.17, 15) is 14.3 Å². The Kier molecular flexibility index (Phi) is 3.62. The number of carbonyl (C=O) groups is 1. The lowest BCUT2D eigenvalue weighted by Crippen LogP contribution is -2.19. The Balaban J connectivity index is 3.15. The minimum atomic E-state index is -0.835. The molecule has 0 atom stereocenters. The van der Waals surface area contributed by atoms with Crippen LogP contribution in [0.5, 0.6) is 11.5 Å². The third-order valence-electron chi connectivity index (χ3n) is 1.92. The van der Waals surface area contributed by atoms with Gasteiger partial charge < -0.3 is 15.2 Å². The number of nitrogens with one attached hydrogen (secondary N) is 1. The van der Waals surface area contributed by atoms with Gasteiger partial charge in [-0.3, -0.25) is 4.79 Å². The van der Waals surface area contributed by atoms with E-state index in [0.29, 0.717) is 0 Å². The SMILES string of the molecule is CNCC(=O)c1ccc(O)c(OC)c1F. The Morgan fingerprint density at radius 2 is 2.27 bits per heavy atom. The van der Waals surface area contributed by atoms with Crippen LogP contribution >= 0.6 is 0 Å². The van der Waals surface area contributed by atoms with Crippen LogP contribution in [0.25, 0.3) is 0 Å². The topological polar surface area (TPSA) is 58.6 Å². The number of rotatable bonds is 4. The first-order valence-corrected chi connectivity index (χ1v) is 4.35. The summed E-state index contributed by atoms with van der Waals surface area (Å²) in [7, 11) is 2.82. The fourth-order valence-electron chi connectivity index (χ4n) is 1.21. The highest BCUT2D eigenvalue weighted by molar-refractivity contribution is 5.98. The number of Topliss-reactive ketones (excluding diaryl/α,β-unsaturated/α-hetero) is 1. The van der Waals surface area contributed by atoms with Crippen molar-refractivity contribution in [1.29, 1.82) is 0 Å². The summed E-state index contributed by atoms with van der Waals surface area (Å²) >= 11 is 0. The van der Waals surface area contributed by atoms with Crippen molar-refractivity contribution in [3.05, 3.63) is 23.5 Å². The van der Waals surface area contributed by atoms with E-state index in [4.69, 9.17) is 0 Å². The number of phenolic OH excluding ortho intramolecular Hbond substituents is 1. The summed E-state index contributed by atoms with van der Waals surface area (Å²) in [6.45, 7) is 0.0326. The molecule has 1 aromatic rings. The molecule has 0 unspecified atom stereocenters. The largest absolute Gasteiger partial charge is 0.504 e. The molecule has 0 radical (unpaired) electrons. The number of methoxy groups -OCH3 is 1. The number of ether oxygens (including phenoxy) is 1. The molecule has 0 aliphatic heterocycles. The molecular weight excluding hydrogens is 201 g/mol. The van der Waals surface area contributed by atoms with Crippen LogP contribution in [0.1, 0.15) is 10.4 Å². The number of aromatic hydroxyl groups is 1. The first-order valence-electron chi connectivity index (χ1n) is 4.35. The van der Waals surface area contributed by atoms with Gasteiger partial charge in [-0.1, -0.05) is 0 Å². The minimum absolute atomic E-state index is 0.0326. The van der Waals surface area contributed by atoms with Crippen molar-refractivity contribution in [3.8, 4) is 11.5 Å². The molecule has 1 rings (SSSR count). The van der Waals surface area contributed by atoms with Gasteiger partial charge in [0.25, 0.3) is 0 Å². The maximum Gasteiger partial charge on any atom is 0.197 e. The Morgan fingerprint density at radius 3 is 2.80 bits per heavy atom. The second kappa shape index (κ2) is 4.75. The van der Waals surface area contributed by atoms with Gasteiger partial charge in [0.05, 0.1) is 19.2 Å². The third-order valence-corrected chi connectivity index (χ3v) is 1.92. The first kappa shape index (κ1) is 11.5. The molecule has 0 bridgehead atoms. The quantitative estimate of drug-likeness (QED) is 0.731. The highest BCUT2D eigenvalue weighted by atomic mass is 19.1. The third kappa shape index (κ3) is 2.24. The van der Waals surface area contributed by atoms with Gasteiger partial charge >= 0.3 is 0 Å². The molecule has 0 amide bonds. The van der Waals surface area contributed by atoms with Crippen LogP contribution in [0.15, 0.2) is 12.1 Å². The molecule has 4 nitrogen and oxygen atoms in total. The molecule has 0 aromatic heterocycles. The Morgan fingerprint density at radius 1 is 1.60 bits per heavy atom. The Hall–Kier alpha value is -1.62. The van der Waals surface area contributed by atoms with Crippen molar-refractivity contribution in [2.75, 3.05) is 20.7 Å². The summed E-state index contributed by atoms with van der Waals surface area (Å²) in [5.41, 5.74) is -0.0981. The van der Waals surface area contributed by atoms with E-state index in [1.54, 1.807) is 7.05 Å². The van der Waals surface area contributed by atoms with E-state index < -0.39 is 11.6 Å². The van der Waals surface area contributed by atoms with Crippen molar-refractivity contribution >= 4 is 5.78 Å². The standard InChI is InChI=1S/C10H12FNO3/c1-12-5-8(14)6-3-4-7(13)10(15-2)9(6)11/h3-4,12-13H,5H2,1-2H3. The molecule has 15 heavy (non-hydrogen) atoms. The van der Waals surface area contributed by atoms with Gasteiger partial charge in [-0.25, -0.2) is 4.39 Å². The summed E-state index contributed by atoms with van der Waals surface area (Å²) in [6, 6.07) is 2.46. The van der Waals surface area contributed by atoms with E-state index in [1.165, 1.54) is 19.2 Å². The summed E-state index contributed by atoms with van der Waals surface area (Å²) < 4.78 is 18.2. The number of ketones is 1. The second-order valence-electron chi connectivity index (χ2n) is 2.93. The van der Waals surface area contributed by atoms with Crippen LogP contribution in [-0.2, 0) is 0 Å². The molecule has 0 aliphatic carbocycles. The molecule has 1 aromatic carbocycles. The Bertz CT molecular complexity index is 379. The first-order chi connectivity index (χ1) is 7.11. The van der Waals surface area contributed by atoms with Gasteiger partial charge in [0.1, 0.15) is 0 Å². The molecular formula is C10H12FNO3. The molecule has 0 heterocycles. The van der Waals surface area contributed by atoms with Crippen molar-refractivity contribution in [2.45, 2.75) is 0 Å². The monoisotopic (exact) mass is 213 g/mol. The highest BCUT2D eigenvalue weighted by Gasteiger charge is 2.18. The predicted octanol–water partition coefficient (Wildman–Crippen LogP) is 0.942.